The van der Waals surface area contributed by atoms with Crippen molar-refractivity contribution in [3.8, 4) is 6.07 Å². The summed E-state index contributed by atoms with van der Waals surface area (Å²) in [6.07, 6.45) is 10.4. The zero-order valence-corrected chi connectivity index (χ0v) is 15.0. The van der Waals surface area contributed by atoms with Crippen LogP contribution in [0.5, 0.6) is 0 Å². The number of carbonyl (C=O) groups is 2. The molecule has 1 aliphatic rings. The molecule has 0 spiro atoms. The van der Waals surface area contributed by atoms with Crippen molar-refractivity contribution in [2.24, 2.45) is 0 Å². The fourth-order valence-electron chi connectivity index (χ4n) is 2.90. The SMILES string of the molecule is N#Cc1c(NC(=O)COC(=O)c2cnccn2)sc2c1CCCCCC2. The van der Waals surface area contributed by atoms with Crippen LogP contribution in [0, 0.1) is 11.3 Å². The molecular formula is C18H18N4O3S. The summed E-state index contributed by atoms with van der Waals surface area (Å²) in [5, 5.41) is 12.8. The first-order valence-corrected chi connectivity index (χ1v) is 9.28. The minimum atomic E-state index is -0.716. The lowest BCUT2D eigenvalue weighted by molar-refractivity contribution is -0.119. The molecule has 0 saturated heterocycles. The summed E-state index contributed by atoms with van der Waals surface area (Å²) in [5.41, 5.74) is 1.64. The summed E-state index contributed by atoms with van der Waals surface area (Å²) in [5.74, 6) is -1.19. The fourth-order valence-corrected chi connectivity index (χ4v) is 4.15. The normalized spacial score (nSPS) is 13.7. The first-order chi connectivity index (χ1) is 12.7. The van der Waals surface area contributed by atoms with E-state index in [9.17, 15) is 14.9 Å². The predicted molar refractivity (Wildman–Crippen MR) is 95.9 cm³/mol. The Bertz CT molecular complexity index is 842. The van der Waals surface area contributed by atoms with E-state index < -0.39 is 18.5 Å². The number of aryl methyl sites for hydroxylation is 1. The van der Waals surface area contributed by atoms with Crippen LogP contribution in [0.1, 0.15) is 52.2 Å². The van der Waals surface area contributed by atoms with Crippen LogP contribution >= 0.6 is 11.3 Å². The molecule has 0 aliphatic heterocycles. The first kappa shape index (κ1) is 18.0. The van der Waals surface area contributed by atoms with Gasteiger partial charge in [0.25, 0.3) is 5.91 Å². The molecule has 0 fully saturated rings. The molecule has 1 amide bonds. The number of ether oxygens (including phenoxy) is 1. The van der Waals surface area contributed by atoms with E-state index in [-0.39, 0.29) is 5.69 Å². The molecule has 1 N–H and O–H groups in total. The predicted octanol–water partition coefficient (Wildman–Crippen LogP) is 2.86. The second-order valence-corrected chi connectivity index (χ2v) is 7.05. The topological polar surface area (TPSA) is 105 Å². The van der Waals surface area contributed by atoms with Crippen molar-refractivity contribution in [1.29, 1.82) is 5.26 Å². The molecule has 0 aromatic carbocycles. The highest BCUT2D eigenvalue weighted by atomic mass is 32.1. The van der Waals surface area contributed by atoms with E-state index in [0.717, 1.165) is 31.2 Å². The Hall–Kier alpha value is -2.79. The number of hydrogen-bond acceptors (Lipinski definition) is 7. The Labute approximate surface area is 155 Å². The van der Waals surface area contributed by atoms with Crippen LogP contribution in [0.4, 0.5) is 5.00 Å². The van der Waals surface area contributed by atoms with Crippen LogP contribution < -0.4 is 5.32 Å². The third-order valence-electron chi connectivity index (χ3n) is 4.14. The molecule has 0 saturated carbocycles. The van der Waals surface area contributed by atoms with Crippen LogP contribution in [0.15, 0.2) is 18.6 Å². The van der Waals surface area contributed by atoms with Gasteiger partial charge in [0.15, 0.2) is 12.3 Å². The maximum atomic E-state index is 12.1. The molecule has 2 aromatic rings. The molecule has 0 unspecified atom stereocenters. The van der Waals surface area contributed by atoms with Crippen LogP contribution in [-0.2, 0) is 22.4 Å². The third-order valence-corrected chi connectivity index (χ3v) is 5.35. The van der Waals surface area contributed by atoms with Gasteiger partial charge < -0.3 is 10.1 Å². The summed E-state index contributed by atoms with van der Waals surface area (Å²) in [7, 11) is 0. The van der Waals surface area contributed by atoms with Gasteiger partial charge in [0, 0.05) is 17.3 Å². The van der Waals surface area contributed by atoms with Crippen molar-refractivity contribution < 1.29 is 14.3 Å². The van der Waals surface area contributed by atoms with E-state index in [0.29, 0.717) is 10.6 Å². The van der Waals surface area contributed by atoms with Crippen LogP contribution in [0.2, 0.25) is 0 Å². The number of rotatable bonds is 4. The zero-order chi connectivity index (χ0) is 18.4. The summed E-state index contributed by atoms with van der Waals surface area (Å²) in [6.45, 7) is -0.442. The highest BCUT2D eigenvalue weighted by Crippen LogP contribution is 2.36. The zero-order valence-electron chi connectivity index (χ0n) is 14.2. The van der Waals surface area contributed by atoms with Gasteiger partial charge in [-0.05, 0) is 31.2 Å². The van der Waals surface area contributed by atoms with E-state index in [1.54, 1.807) is 0 Å². The number of carbonyl (C=O) groups excluding carboxylic acids is 2. The van der Waals surface area contributed by atoms with E-state index >= 15 is 0 Å². The Morgan fingerprint density at radius 3 is 2.77 bits per heavy atom. The van der Waals surface area contributed by atoms with E-state index in [1.807, 2.05) is 0 Å². The second-order valence-electron chi connectivity index (χ2n) is 5.95. The fraction of sp³-hybridized carbons (Fsp3) is 0.389. The number of aromatic nitrogens is 2. The lowest BCUT2D eigenvalue weighted by Gasteiger charge is -2.08. The molecule has 0 radical (unpaired) electrons. The third kappa shape index (κ3) is 4.24. The number of fused-ring (bicyclic) bond motifs is 1. The van der Waals surface area contributed by atoms with Gasteiger partial charge in [-0.3, -0.25) is 9.78 Å². The number of nitrogens with zero attached hydrogens (tertiary/aromatic N) is 3. The largest absolute Gasteiger partial charge is 0.451 e. The van der Waals surface area contributed by atoms with Crippen molar-refractivity contribution in [3.63, 3.8) is 0 Å². The Morgan fingerprint density at radius 1 is 1.23 bits per heavy atom. The molecule has 0 bridgehead atoms. The van der Waals surface area contributed by atoms with Crippen LogP contribution in [-0.4, -0.2) is 28.5 Å². The molecule has 2 heterocycles. The van der Waals surface area contributed by atoms with Gasteiger partial charge in [-0.15, -0.1) is 11.3 Å². The van der Waals surface area contributed by atoms with E-state index in [1.165, 1.54) is 47.6 Å². The maximum Gasteiger partial charge on any atom is 0.359 e. The number of esters is 1. The average Bonchev–Trinajstić information content (AvgIpc) is 2.95. The highest BCUT2D eigenvalue weighted by Gasteiger charge is 2.21. The molecule has 3 rings (SSSR count). The van der Waals surface area contributed by atoms with Crippen molar-refractivity contribution in [2.75, 3.05) is 11.9 Å². The van der Waals surface area contributed by atoms with E-state index in [4.69, 9.17) is 4.74 Å². The monoisotopic (exact) mass is 370 g/mol. The molecular weight excluding hydrogens is 352 g/mol. The summed E-state index contributed by atoms with van der Waals surface area (Å²) in [4.78, 5) is 32.7. The van der Waals surface area contributed by atoms with Gasteiger partial charge >= 0.3 is 5.97 Å². The van der Waals surface area contributed by atoms with Crippen molar-refractivity contribution in [1.82, 2.24) is 9.97 Å². The molecule has 8 heteroatoms. The van der Waals surface area contributed by atoms with Gasteiger partial charge in [-0.2, -0.15) is 5.26 Å². The quantitative estimate of drug-likeness (QED) is 0.830. The number of hydrogen-bond donors (Lipinski definition) is 1. The van der Waals surface area contributed by atoms with Crippen LogP contribution in [0.25, 0.3) is 0 Å². The summed E-state index contributed by atoms with van der Waals surface area (Å²) < 4.78 is 4.95. The van der Waals surface area contributed by atoms with Gasteiger partial charge in [0.1, 0.15) is 11.1 Å². The molecule has 1 aliphatic carbocycles. The Kier molecular flexibility index (Phi) is 5.92. The molecule has 134 valence electrons. The molecule has 7 nitrogen and oxygen atoms in total. The standard InChI is InChI=1S/C18H18N4O3S/c19-9-13-12-5-3-1-2-4-6-15(12)26-17(13)22-16(23)11-25-18(24)14-10-20-7-8-21-14/h7-8,10H,1-6,11H2,(H,22,23). The summed E-state index contributed by atoms with van der Waals surface area (Å²) >= 11 is 1.45. The smallest absolute Gasteiger partial charge is 0.359 e. The minimum Gasteiger partial charge on any atom is -0.451 e. The lowest BCUT2D eigenvalue weighted by Crippen LogP contribution is -2.21. The number of nitriles is 1. The minimum absolute atomic E-state index is 0.0390. The summed E-state index contributed by atoms with van der Waals surface area (Å²) in [6, 6.07) is 2.22. The average molecular weight is 370 g/mol. The Morgan fingerprint density at radius 2 is 2.04 bits per heavy atom. The Balaban J connectivity index is 1.65. The highest BCUT2D eigenvalue weighted by molar-refractivity contribution is 7.16. The number of thiophene rings is 1. The van der Waals surface area contributed by atoms with Crippen molar-refractivity contribution in [3.05, 3.63) is 40.3 Å². The van der Waals surface area contributed by atoms with Gasteiger partial charge in [0.2, 0.25) is 0 Å². The van der Waals surface area contributed by atoms with Crippen LogP contribution in [0.3, 0.4) is 0 Å². The van der Waals surface area contributed by atoms with Crippen molar-refractivity contribution in [2.45, 2.75) is 38.5 Å². The number of amides is 1. The maximum absolute atomic E-state index is 12.1. The molecule has 26 heavy (non-hydrogen) atoms. The van der Waals surface area contributed by atoms with Gasteiger partial charge in [0.05, 0.1) is 11.8 Å². The molecule has 0 atom stereocenters. The number of nitrogens with one attached hydrogen (secondary N) is 1. The molecule has 2 aromatic heterocycles. The number of anilines is 1. The van der Waals surface area contributed by atoms with Gasteiger partial charge in [-0.1, -0.05) is 12.8 Å². The lowest BCUT2D eigenvalue weighted by atomic mass is 9.97. The van der Waals surface area contributed by atoms with Crippen molar-refractivity contribution >= 4 is 28.2 Å². The second kappa shape index (κ2) is 8.54. The first-order valence-electron chi connectivity index (χ1n) is 8.46. The van der Waals surface area contributed by atoms with Gasteiger partial charge in [-0.25, -0.2) is 9.78 Å². The van der Waals surface area contributed by atoms with E-state index in [2.05, 4.69) is 21.4 Å².